The number of hydrogen-bond acceptors (Lipinski definition) is 5. The molecule has 31 heavy (non-hydrogen) atoms. The Morgan fingerprint density at radius 3 is 2.61 bits per heavy atom. The molecule has 10 heteroatoms. The summed E-state index contributed by atoms with van der Waals surface area (Å²) in [6.07, 6.45) is 0. The first-order valence-electron chi connectivity index (χ1n) is 9.39. The van der Waals surface area contributed by atoms with Gasteiger partial charge < -0.3 is 15.2 Å². The van der Waals surface area contributed by atoms with Crippen molar-refractivity contribution in [3.8, 4) is 0 Å². The molecule has 0 radical (unpaired) electrons. The van der Waals surface area contributed by atoms with Crippen molar-refractivity contribution in [3.05, 3.63) is 69.5 Å². The van der Waals surface area contributed by atoms with Crippen molar-refractivity contribution in [1.29, 1.82) is 0 Å². The molecule has 3 aromatic rings. The second-order valence-corrected chi connectivity index (χ2v) is 8.69. The number of carbonyl (C=O) groups is 2. The summed E-state index contributed by atoms with van der Waals surface area (Å²) in [5.74, 6) is 0.307. The van der Waals surface area contributed by atoms with E-state index in [1.807, 2.05) is 31.2 Å². The van der Waals surface area contributed by atoms with Crippen LogP contribution in [0.4, 0.5) is 5.69 Å². The molecule has 0 aliphatic heterocycles. The number of nitrogens with zero attached hydrogens (tertiary/aromatic N) is 3. The summed E-state index contributed by atoms with van der Waals surface area (Å²) >= 11 is 13.2. The van der Waals surface area contributed by atoms with Gasteiger partial charge in [0, 0.05) is 18.3 Å². The Hall–Kier alpha value is -2.55. The van der Waals surface area contributed by atoms with Crippen LogP contribution in [0.1, 0.15) is 34.7 Å². The lowest BCUT2D eigenvalue weighted by molar-refractivity contribution is -0.113. The van der Waals surface area contributed by atoms with Crippen LogP contribution in [0, 0.1) is 6.92 Å². The molecule has 0 saturated carbocycles. The topological polar surface area (TPSA) is 88.9 Å². The Kier molecular flexibility index (Phi) is 7.59. The summed E-state index contributed by atoms with van der Waals surface area (Å²) < 4.78 is 1.75. The van der Waals surface area contributed by atoms with Crippen LogP contribution in [0.5, 0.6) is 0 Å². The van der Waals surface area contributed by atoms with Gasteiger partial charge in [-0.3, -0.25) is 9.59 Å². The number of thioether (sulfide) groups is 1. The molecule has 0 unspecified atom stereocenters. The van der Waals surface area contributed by atoms with Crippen molar-refractivity contribution in [1.82, 2.24) is 20.1 Å². The largest absolute Gasteiger partial charge is 0.342 e. The highest BCUT2D eigenvalue weighted by Crippen LogP contribution is 2.24. The SMILES string of the molecule is Cc1cccc(NC(=O)CSc2nnc([C@H](C)NC(=O)c3ccc(Cl)c(Cl)c3)n2C)c1. The minimum atomic E-state index is -0.407. The monoisotopic (exact) mass is 477 g/mol. The third-order valence-electron chi connectivity index (χ3n) is 4.42. The maximum Gasteiger partial charge on any atom is 0.251 e. The van der Waals surface area contributed by atoms with Gasteiger partial charge in [0.25, 0.3) is 5.91 Å². The fourth-order valence-corrected chi connectivity index (χ4v) is 3.88. The molecule has 0 fully saturated rings. The highest BCUT2D eigenvalue weighted by atomic mass is 35.5. The lowest BCUT2D eigenvalue weighted by Gasteiger charge is -2.14. The van der Waals surface area contributed by atoms with E-state index in [4.69, 9.17) is 23.2 Å². The Morgan fingerprint density at radius 2 is 1.90 bits per heavy atom. The summed E-state index contributed by atoms with van der Waals surface area (Å²) in [5, 5.41) is 15.3. The smallest absolute Gasteiger partial charge is 0.251 e. The Morgan fingerprint density at radius 1 is 1.13 bits per heavy atom. The summed E-state index contributed by atoms with van der Waals surface area (Å²) in [4.78, 5) is 24.7. The second kappa shape index (κ2) is 10.2. The van der Waals surface area contributed by atoms with Gasteiger partial charge in [-0.1, -0.05) is 47.1 Å². The molecule has 2 amide bonds. The Balaban J connectivity index is 1.59. The highest BCUT2D eigenvalue weighted by molar-refractivity contribution is 7.99. The Bertz CT molecular complexity index is 1120. The van der Waals surface area contributed by atoms with Gasteiger partial charge in [-0.05, 0) is 49.7 Å². The number of halogens is 2. The van der Waals surface area contributed by atoms with E-state index in [1.165, 1.54) is 17.8 Å². The maximum atomic E-state index is 12.5. The van der Waals surface area contributed by atoms with E-state index in [-0.39, 0.29) is 17.6 Å². The van der Waals surface area contributed by atoms with Crippen LogP contribution in [-0.2, 0) is 11.8 Å². The highest BCUT2D eigenvalue weighted by Gasteiger charge is 2.19. The van der Waals surface area contributed by atoms with Crippen LogP contribution in [0.3, 0.4) is 0 Å². The molecule has 1 heterocycles. The maximum absolute atomic E-state index is 12.5. The average Bonchev–Trinajstić information content (AvgIpc) is 3.09. The molecule has 2 aromatic carbocycles. The molecule has 2 N–H and O–H groups in total. The number of hydrogen-bond donors (Lipinski definition) is 2. The quantitative estimate of drug-likeness (QED) is 0.483. The lowest BCUT2D eigenvalue weighted by atomic mass is 10.2. The van der Waals surface area contributed by atoms with E-state index in [9.17, 15) is 9.59 Å². The van der Waals surface area contributed by atoms with Gasteiger partial charge in [-0.2, -0.15) is 0 Å². The number of nitrogens with one attached hydrogen (secondary N) is 2. The van der Waals surface area contributed by atoms with Gasteiger partial charge in [0.2, 0.25) is 5.91 Å². The zero-order valence-corrected chi connectivity index (χ0v) is 19.5. The van der Waals surface area contributed by atoms with E-state index < -0.39 is 6.04 Å². The molecular formula is C21H21Cl2N5O2S. The first-order chi connectivity index (χ1) is 14.7. The van der Waals surface area contributed by atoms with Gasteiger partial charge in [-0.15, -0.1) is 10.2 Å². The van der Waals surface area contributed by atoms with E-state index in [2.05, 4.69) is 20.8 Å². The molecule has 1 atom stereocenters. The predicted octanol–water partition coefficient (Wildman–Crippen LogP) is 4.65. The van der Waals surface area contributed by atoms with Crippen molar-refractivity contribution < 1.29 is 9.59 Å². The van der Waals surface area contributed by atoms with Crippen molar-refractivity contribution >= 4 is 52.5 Å². The van der Waals surface area contributed by atoms with Crippen LogP contribution in [0.15, 0.2) is 47.6 Å². The van der Waals surface area contributed by atoms with Crippen LogP contribution in [-0.4, -0.2) is 32.3 Å². The third-order valence-corrected chi connectivity index (χ3v) is 6.18. The van der Waals surface area contributed by atoms with Crippen LogP contribution < -0.4 is 10.6 Å². The molecule has 0 bridgehead atoms. The lowest BCUT2D eigenvalue weighted by Crippen LogP contribution is -2.28. The molecule has 162 valence electrons. The van der Waals surface area contributed by atoms with Gasteiger partial charge >= 0.3 is 0 Å². The first kappa shape index (κ1) is 23.1. The number of amides is 2. The molecule has 3 rings (SSSR count). The van der Waals surface area contributed by atoms with Crippen LogP contribution >= 0.6 is 35.0 Å². The molecule has 0 spiro atoms. The average molecular weight is 478 g/mol. The van der Waals surface area contributed by atoms with Crippen molar-refractivity contribution in [2.24, 2.45) is 7.05 Å². The Labute approximate surface area is 194 Å². The standard InChI is InChI=1S/C21H21Cl2N5O2S/c1-12-5-4-6-15(9-12)25-18(29)11-31-21-27-26-19(28(21)3)13(2)24-20(30)14-7-8-16(22)17(23)10-14/h4-10,13H,11H2,1-3H3,(H,24,30)(H,25,29)/t13-/m0/s1. The zero-order valence-electron chi connectivity index (χ0n) is 17.1. The minimum Gasteiger partial charge on any atom is -0.342 e. The van der Waals surface area contributed by atoms with Crippen molar-refractivity contribution in [2.45, 2.75) is 25.0 Å². The fraction of sp³-hybridized carbons (Fsp3) is 0.238. The van der Waals surface area contributed by atoms with Crippen LogP contribution in [0.25, 0.3) is 0 Å². The zero-order chi connectivity index (χ0) is 22.5. The van der Waals surface area contributed by atoms with E-state index in [0.717, 1.165) is 11.3 Å². The normalized spacial score (nSPS) is 11.8. The van der Waals surface area contributed by atoms with Crippen molar-refractivity contribution in [2.75, 3.05) is 11.1 Å². The van der Waals surface area contributed by atoms with Gasteiger partial charge in [0.05, 0.1) is 21.8 Å². The summed E-state index contributed by atoms with van der Waals surface area (Å²) in [6, 6.07) is 11.9. The van der Waals surface area contributed by atoms with Gasteiger partial charge in [-0.25, -0.2) is 0 Å². The van der Waals surface area contributed by atoms with E-state index in [1.54, 1.807) is 30.7 Å². The second-order valence-electron chi connectivity index (χ2n) is 6.93. The molecular weight excluding hydrogens is 457 g/mol. The van der Waals surface area contributed by atoms with Gasteiger partial charge in [0.1, 0.15) is 0 Å². The molecule has 0 saturated heterocycles. The third kappa shape index (κ3) is 6.00. The minimum absolute atomic E-state index is 0.138. The number of anilines is 1. The number of aromatic nitrogens is 3. The van der Waals surface area contributed by atoms with Crippen LogP contribution in [0.2, 0.25) is 10.0 Å². The number of benzene rings is 2. The predicted molar refractivity (Wildman–Crippen MR) is 124 cm³/mol. The number of aryl methyl sites for hydroxylation is 1. The molecule has 7 nitrogen and oxygen atoms in total. The summed E-state index contributed by atoms with van der Waals surface area (Å²) in [6.45, 7) is 3.77. The fourth-order valence-electron chi connectivity index (χ4n) is 2.86. The van der Waals surface area contributed by atoms with E-state index in [0.29, 0.717) is 26.6 Å². The number of rotatable bonds is 7. The van der Waals surface area contributed by atoms with E-state index >= 15 is 0 Å². The molecule has 0 aliphatic rings. The summed E-state index contributed by atoms with van der Waals surface area (Å²) in [7, 11) is 1.79. The molecule has 1 aromatic heterocycles. The number of carbonyl (C=O) groups excluding carboxylic acids is 2. The molecule has 0 aliphatic carbocycles. The summed E-state index contributed by atoms with van der Waals surface area (Å²) in [5.41, 5.74) is 2.22. The van der Waals surface area contributed by atoms with Gasteiger partial charge in [0.15, 0.2) is 11.0 Å². The van der Waals surface area contributed by atoms with Crippen molar-refractivity contribution in [3.63, 3.8) is 0 Å². The first-order valence-corrected chi connectivity index (χ1v) is 11.1.